The van der Waals surface area contributed by atoms with E-state index in [0.717, 1.165) is 22.7 Å². The molecule has 0 fully saturated rings. The molecular weight excluding hydrogens is 236 g/mol. The third kappa shape index (κ3) is 3.00. The van der Waals surface area contributed by atoms with E-state index < -0.39 is 6.10 Å². The van der Waals surface area contributed by atoms with Gasteiger partial charge in [-0.3, -0.25) is 0 Å². The van der Waals surface area contributed by atoms with Gasteiger partial charge >= 0.3 is 0 Å². The number of hydrogen-bond donors (Lipinski definition) is 2. The van der Waals surface area contributed by atoms with Crippen LogP contribution in [0.3, 0.4) is 0 Å². The molecule has 2 aromatic rings. The van der Waals surface area contributed by atoms with E-state index in [0.29, 0.717) is 5.75 Å². The molecule has 2 rings (SSSR count). The molecule has 4 nitrogen and oxygen atoms in total. The minimum absolute atomic E-state index is 0.183. The fourth-order valence-corrected chi connectivity index (χ4v) is 2.47. The van der Waals surface area contributed by atoms with Gasteiger partial charge in [-0.05, 0) is 18.6 Å². The van der Waals surface area contributed by atoms with Crippen molar-refractivity contribution in [1.29, 1.82) is 0 Å². The van der Waals surface area contributed by atoms with Crippen LogP contribution in [0.15, 0.2) is 24.5 Å². The lowest BCUT2D eigenvalue weighted by atomic mass is 10.3. The number of hydrogen-bond acceptors (Lipinski definition) is 4. The van der Waals surface area contributed by atoms with Gasteiger partial charge in [0, 0.05) is 23.9 Å². The number of aliphatic hydroxyl groups excluding tert-OH is 2. The molecule has 2 heterocycles. The topological polar surface area (TPSA) is 57.8 Å². The zero-order valence-corrected chi connectivity index (χ0v) is 10.5. The summed E-state index contributed by atoms with van der Waals surface area (Å²) in [6.07, 6.45) is 3.34. The summed E-state index contributed by atoms with van der Waals surface area (Å²) in [4.78, 5) is 4.53. The largest absolute Gasteiger partial charge is 0.394 e. The first-order valence-corrected chi connectivity index (χ1v) is 6.66. The number of pyridine rings is 1. The average Bonchev–Trinajstić information content (AvgIpc) is 2.73. The van der Waals surface area contributed by atoms with Crippen molar-refractivity contribution in [3.05, 3.63) is 35.8 Å². The van der Waals surface area contributed by atoms with Crippen LogP contribution in [-0.2, 0) is 5.75 Å². The molecule has 92 valence electrons. The van der Waals surface area contributed by atoms with Crippen molar-refractivity contribution in [2.45, 2.75) is 18.8 Å². The van der Waals surface area contributed by atoms with Gasteiger partial charge < -0.3 is 14.6 Å². The van der Waals surface area contributed by atoms with Crippen LogP contribution >= 0.6 is 11.8 Å². The molecule has 2 aromatic heterocycles. The lowest BCUT2D eigenvalue weighted by Gasteiger charge is -2.04. The van der Waals surface area contributed by atoms with E-state index in [2.05, 4.69) is 4.98 Å². The number of aromatic nitrogens is 2. The summed E-state index contributed by atoms with van der Waals surface area (Å²) in [5.74, 6) is 1.28. The van der Waals surface area contributed by atoms with E-state index in [-0.39, 0.29) is 6.61 Å². The standard InChI is InChI=1S/C12H16N2O2S/c1-9-3-2-4-14-5-10(13-12(9)14)7-17-8-11(16)6-15/h2-5,11,15-16H,6-8H2,1H3. The highest BCUT2D eigenvalue weighted by atomic mass is 32.2. The third-order valence-corrected chi connectivity index (χ3v) is 3.62. The van der Waals surface area contributed by atoms with Crippen molar-refractivity contribution >= 4 is 17.4 Å². The van der Waals surface area contributed by atoms with Gasteiger partial charge in [-0.2, -0.15) is 11.8 Å². The average molecular weight is 252 g/mol. The van der Waals surface area contributed by atoms with E-state index in [4.69, 9.17) is 5.11 Å². The van der Waals surface area contributed by atoms with Crippen LogP contribution in [0.2, 0.25) is 0 Å². The highest BCUT2D eigenvalue weighted by Gasteiger charge is 2.06. The highest BCUT2D eigenvalue weighted by Crippen LogP contribution is 2.15. The quantitative estimate of drug-likeness (QED) is 0.840. The number of rotatable bonds is 5. The van der Waals surface area contributed by atoms with E-state index in [1.54, 1.807) is 11.8 Å². The molecule has 0 aliphatic heterocycles. The summed E-state index contributed by atoms with van der Waals surface area (Å²) in [5, 5.41) is 17.9. The molecule has 0 bridgehead atoms. The number of thioether (sulfide) groups is 1. The molecule has 1 unspecified atom stereocenters. The van der Waals surface area contributed by atoms with Gasteiger partial charge in [0.1, 0.15) is 5.65 Å². The molecule has 0 aliphatic carbocycles. The summed E-state index contributed by atoms with van der Waals surface area (Å²) < 4.78 is 2.01. The second-order valence-electron chi connectivity index (χ2n) is 4.01. The molecule has 0 aromatic carbocycles. The molecule has 0 radical (unpaired) electrons. The Morgan fingerprint density at radius 1 is 1.53 bits per heavy atom. The number of imidazole rings is 1. The fourth-order valence-electron chi connectivity index (χ4n) is 1.63. The molecule has 5 heteroatoms. The van der Waals surface area contributed by atoms with Gasteiger partial charge in [0.25, 0.3) is 0 Å². The number of aliphatic hydroxyl groups is 2. The Morgan fingerprint density at radius 2 is 2.35 bits per heavy atom. The van der Waals surface area contributed by atoms with Crippen molar-refractivity contribution in [2.24, 2.45) is 0 Å². The smallest absolute Gasteiger partial charge is 0.139 e. The Balaban J connectivity index is 2.02. The predicted molar refractivity (Wildman–Crippen MR) is 69.2 cm³/mol. The normalized spacial score (nSPS) is 13.1. The predicted octanol–water partition coefficient (Wildman–Crippen LogP) is 1.23. The Morgan fingerprint density at radius 3 is 3.06 bits per heavy atom. The summed E-state index contributed by atoms with van der Waals surface area (Å²) in [6, 6.07) is 4.03. The monoisotopic (exact) mass is 252 g/mol. The second-order valence-corrected chi connectivity index (χ2v) is 5.04. The molecule has 0 saturated heterocycles. The van der Waals surface area contributed by atoms with E-state index in [1.807, 2.05) is 35.9 Å². The Labute approximate surface area is 104 Å². The van der Waals surface area contributed by atoms with Crippen LogP contribution in [0.1, 0.15) is 11.3 Å². The van der Waals surface area contributed by atoms with Crippen molar-refractivity contribution in [3.8, 4) is 0 Å². The molecule has 0 amide bonds. The molecule has 0 saturated carbocycles. The van der Waals surface area contributed by atoms with Gasteiger partial charge in [-0.25, -0.2) is 4.98 Å². The van der Waals surface area contributed by atoms with Gasteiger partial charge in [0.05, 0.1) is 18.4 Å². The van der Waals surface area contributed by atoms with Gasteiger partial charge in [0.2, 0.25) is 0 Å². The van der Waals surface area contributed by atoms with Crippen LogP contribution in [0.4, 0.5) is 0 Å². The number of nitrogens with zero attached hydrogens (tertiary/aromatic N) is 2. The first-order valence-electron chi connectivity index (χ1n) is 5.50. The lowest BCUT2D eigenvalue weighted by Crippen LogP contribution is -2.14. The zero-order valence-electron chi connectivity index (χ0n) is 9.71. The maximum Gasteiger partial charge on any atom is 0.139 e. The molecule has 0 spiro atoms. The number of fused-ring (bicyclic) bond motifs is 1. The van der Waals surface area contributed by atoms with Gasteiger partial charge in [-0.1, -0.05) is 6.07 Å². The highest BCUT2D eigenvalue weighted by molar-refractivity contribution is 7.98. The van der Waals surface area contributed by atoms with Crippen LogP contribution in [-0.4, -0.2) is 38.1 Å². The van der Waals surface area contributed by atoms with Crippen molar-refractivity contribution in [1.82, 2.24) is 9.38 Å². The van der Waals surface area contributed by atoms with Gasteiger partial charge in [-0.15, -0.1) is 0 Å². The van der Waals surface area contributed by atoms with E-state index >= 15 is 0 Å². The minimum Gasteiger partial charge on any atom is -0.394 e. The Kier molecular flexibility index (Phi) is 4.04. The Hall–Kier alpha value is -1.04. The lowest BCUT2D eigenvalue weighted by molar-refractivity contribution is 0.113. The van der Waals surface area contributed by atoms with E-state index in [1.165, 1.54) is 0 Å². The molecule has 0 aliphatic rings. The first-order chi connectivity index (χ1) is 8.20. The van der Waals surface area contributed by atoms with Crippen molar-refractivity contribution < 1.29 is 10.2 Å². The first kappa shape index (κ1) is 12.4. The molecule has 2 N–H and O–H groups in total. The molecule has 1 atom stereocenters. The maximum absolute atomic E-state index is 9.22. The second kappa shape index (κ2) is 5.53. The zero-order chi connectivity index (χ0) is 12.3. The van der Waals surface area contributed by atoms with Crippen LogP contribution in [0, 0.1) is 6.92 Å². The van der Waals surface area contributed by atoms with Crippen LogP contribution < -0.4 is 0 Å². The minimum atomic E-state index is -0.640. The van der Waals surface area contributed by atoms with Gasteiger partial charge in [0.15, 0.2) is 0 Å². The van der Waals surface area contributed by atoms with E-state index in [9.17, 15) is 5.11 Å². The molecular formula is C12H16N2O2S. The van der Waals surface area contributed by atoms with Crippen molar-refractivity contribution in [2.75, 3.05) is 12.4 Å². The third-order valence-electron chi connectivity index (χ3n) is 2.50. The maximum atomic E-state index is 9.22. The van der Waals surface area contributed by atoms with Crippen LogP contribution in [0.5, 0.6) is 0 Å². The summed E-state index contributed by atoms with van der Waals surface area (Å²) in [5.41, 5.74) is 3.12. The summed E-state index contributed by atoms with van der Waals surface area (Å²) >= 11 is 1.57. The SMILES string of the molecule is Cc1cccn2cc(CSCC(O)CO)nc12. The summed E-state index contributed by atoms with van der Waals surface area (Å²) in [7, 11) is 0. The van der Waals surface area contributed by atoms with Crippen LogP contribution in [0.25, 0.3) is 5.65 Å². The van der Waals surface area contributed by atoms with Crippen molar-refractivity contribution in [3.63, 3.8) is 0 Å². The fraction of sp³-hybridized carbons (Fsp3) is 0.417. The Bertz CT molecular complexity index is 498. The molecule has 17 heavy (non-hydrogen) atoms. The summed E-state index contributed by atoms with van der Waals surface area (Å²) in [6.45, 7) is 1.85. The number of aryl methyl sites for hydroxylation is 1.